The Bertz CT molecular complexity index is 1020. The number of hydrogen-bond acceptors (Lipinski definition) is 3. The fraction of sp³-hybridized carbons (Fsp3) is 0.429. The third-order valence-electron chi connectivity index (χ3n) is 6.56. The van der Waals surface area contributed by atoms with E-state index in [1.807, 2.05) is 0 Å². The topological polar surface area (TPSA) is 63.1 Å². The van der Waals surface area contributed by atoms with Crippen LogP contribution in [0.5, 0.6) is 0 Å². The summed E-state index contributed by atoms with van der Waals surface area (Å²) in [5.41, 5.74) is 0.117. The van der Waals surface area contributed by atoms with Gasteiger partial charge in [0.2, 0.25) is 5.91 Å². The number of carbonyl (C=O) groups excluding carboxylic acids is 1. The molecule has 3 fully saturated rings. The summed E-state index contributed by atoms with van der Waals surface area (Å²) in [6, 6.07) is 7.06. The molecule has 2 aromatic rings. The van der Waals surface area contributed by atoms with Gasteiger partial charge in [0.25, 0.3) is 5.56 Å². The molecule has 146 valence electrons. The number of nitrogens with one attached hydrogen (secondary N) is 2. The summed E-state index contributed by atoms with van der Waals surface area (Å²) in [5, 5.41) is 6.55. The minimum absolute atomic E-state index is 0.00839. The minimum atomic E-state index is -0.703. The number of amides is 1. The Kier molecular flexibility index (Phi) is 3.91. The monoisotopic (exact) mass is 385 g/mol. The molecule has 1 saturated carbocycles. The fourth-order valence-corrected chi connectivity index (χ4v) is 5.04. The second-order valence-electron chi connectivity index (χ2n) is 8.29. The summed E-state index contributed by atoms with van der Waals surface area (Å²) in [6.45, 7) is -0.0313. The number of piperidine rings is 1. The van der Waals surface area contributed by atoms with Crippen LogP contribution in [0.25, 0.3) is 0 Å². The highest BCUT2D eigenvalue weighted by Crippen LogP contribution is 2.63. The average molecular weight is 385 g/mol. The van der Waals surface area contributed by atoms with Crippen molar-refractivity contribution in [2.45, 2.75) is 44.3 Å². The fourth-order valence-electron chi connectivity index (χ4n) is 5.04. The van der Waals surface area contributed by atoms with Gasteiger partial charge >= 0.3 is 0 Å². The number of pyridine rings is 1. The molecule has 1 amide bonds. The lowest BCUT2D eigenvalue weighted by Gasteiger charge is -2.28. The first-order valence-corrected chi connectivity index (χ1v) is 9.66. The van der Waals surface area contributed by atoms with Crippen LogP contribution in [0.15, 0.2) is 41.3 Å². The number of nitrogens with zero attached hydrogens (tertiary/aromatic N) is 1. The van der Waals surface area contributed by atoms with E-state index in [4.69, 9.17) is 0 Å². The van der Waals surface area contributed by atoms with Crippen LogP contribution in [0.1, 0.15) is 31.2 Å². The maximum Gasteiger partial charge on any atom is 0.250 e. The summed E-state index contributed by atoms with van der Waals surface area (Å²) in [6.07, 6.45) is 5.56. The SMILES string of the molecule is O=C(Nc1ccc(=O)n(Cc2ccc(F)cc2F)c1)[C@@]12C[C@H]3CC[C@H](N3)[C@@H]1C2. The van der Waals surface area contributed by atoms with E-state index in [0.717, 1.165) is 37.8 Å². The molecule has 2 bridgehead atoms. The molecule has 3 aliphatic rings. The van der Waals surface area contributed by atoms with Crippen molar-refractivity contribution >= 4 is 11.6 Å². The predicted molar refractivity (Wildman–Crippen MR) is 99.9 cm³/mol. The summed E-state index contributed by atoms with van der Waals surface area (Å²) < 4.78 is 28.3. The van der Waals surface area contributed by atoms with E-state index in [0.29, 0.717) is 23.7 Å². The maximum absolute atomic E-state index is 13.9. The number of halogens is 2. The zero-order valence-electron chi connectivity index (χ0n) is 15.3. The van der Waals surface area contributed by atoms with Crippen molar-refractivity contribution in [2.75, 3.05) is 5.32 Å². The minimum Gasteiger partial charge on any atom is -0.324 e. The van der Waals surface area contributed by atoms with Gasteiger partial charge in [-0.2, -0.15) is 0 Å². The molecule has 1 aromatic carbocycles. The van der Waals surface area contributed by atoms with E-state index in [1.165, 1.54) is 22.9 Å². The van der Waals surface area contributed by atoms with Gasteiger partial charge in [-0.15, -0.1) is 0 Å². The van der Waals surface area contributed by atoms with Gasteiger partial charge in [0.15, 0.2) is 0 Å². The molecule has 1 aromatic heterocycles. The second-order valence-corrected chi connectivity index (χ2v) is 8.29. The maximum atomic E-state index is 13.9. The van der Waals surface area contributed by atoms with Gasteiger partial charge < -0.3 is 15.2 Å². The molecular formula is C21H21F2N3O2. The molecule has 1 aliphatic carbocycles. The molecule has 2 aliphatic heterocycles. The quantitative estimate of drug-likeness (QED) is 0.851. The number of benzene rings is 1. The van der Waals surface area contributed by atoms with Crippen molar-refractivity contribution < 1.29 is 13.6 Å². The van der Waals surface area contributed by atoms with Crippen LogP contribution in [0.4, 0.5) is 14.5 Å². The molecular weight excluding hydrogens is 364 g/mol. The largest absolute Gasteiger partial charge is 0.324 e. The van der Waals surface area contributed by atoms with Gasteiger partial charge in [-0.25, -0.2) is 8.78 Å². The lowest BCUT2D eigenvalue weighted by molar-refractivity contribution is -0.122. The Balaban J connectivity index is 1.35. The van der Waals surface area contributed by atoms with Gasteiger partial charge in [-0.3, -0.25) is 9.59 Å². The van der Waals surface area contributed by atoms with Gasteiger partial charge in [0.05, 0.1) is 17.6 Å². The third kappa shape index (κ3) is 2.85. The highest BCUT2D eigenvalue weighted by molar-refractivity contribution is 5.97. The number of rotatable bonds is 4. The van der Waals surface area contributed by atoms with Crippen molar-refractivity contribution in [3.05, 3.63) is 64.1 Å². The van der Waals surface area contributed by atoms with Crippen molar-refractivity contribution in [3.63, 3.8) is 0 Å². The molecule has 4 atom stereocenters. The zero-order chi connectivity index (χ0) is 19.5. The average Bonchev–Trinajstić information content (AvgIpc) is 3.28. The van der Waals surface area contributed by atoms with E-state index in [-0.39, 0.29) is 29.0 Å². The summed E-state index contributed by atoms with van der Waals surface area (Å²) >= 11 is 0. The van der Waals surface area contributed by atoms with Gasteiger partial charge in [0, 0.05) is 36.0 Å². The highest BCUT2D eigenvalue weighted by Gasteiger charge is 2.66. The summed E-state index contributed by atoms with van der Waals surface area (Å²) in [5.74, 6) is -0.963. The van der Waals surface area contributed by atoms with Gasteiger partial charge in [0.1, 0.15) is 11.6 Å². The van der Waals surface area contributed by atoms with Gasteiger partial charge in [-0.1, -0.05) is 6.07 Å². The Hall–Kier alpha value is -2.54. The van der Waals surface area contributed by atoms with E-state index < -0.39 is 11.6 Å². The molecule has 0 unspecified atom stereocenters. The molecule has 0 spiro atoms. The van der Waals surface area contributed by atoms with E-state index in [2.05, 4.69) is 10.6 Å². The van der Waals surface area contributed by atoms with Crippen molar-refractivity contribution in [1.82, 2.24) is 9.88 Å². The van der Waals surface area contributed by atoms with Crippen LogP contribution in [0, 0.1) is 23.0 Å². The molecule has 0 radical (unpaired) electrons. The predicted octanol–water partition coefficient (Wildman–Crippen LogP) is 2.64. The molecule has 2 N–H and O–H groups in total. The lowest BCUT2D eigenvalue weighted by Crippen LogP contribution is -2.43. The number of aromatic nitrogens is 1. The normalized spacial score (nSPS) is 30.0. The zero-order valence-corrected chi connectivity index (χ0v) is 15.3. The Morgan fingerprint density at radius 3 is 2.89 bits per heavy atom. The number of anilines is 1. The second kappa shape index (κ2) is 6.24. The number of fused-ring (bicyclic) bond motifs is 4. The van der Waals surface area contributed by atoms with Crippen molar-refractivity contribution in [3.8, 4) is 0 Å². The van der Waals surface area contributed by atoms with E-state index in [1.54, 1.807) is 6.07 Å². The highest BCUT2D eigenvalue weighted by atomic mass is 19.1. The van der Waals surface area contributed by atoms with Crippen LogP contribution in [0.3, 0.4) is 0 Å². The van der Waals surface area contributed by atoms with Crippen LogP contribution in [-0.2, 0) is 11.3 Å². The van der Waals surface area contributed by atoms with Crippen molar-refractivity contribution in [2.24, 2.45) is 11.3 Å². The summed E-state index contributed by atoms with van der Waals surface area (Å²) in [4.78, 5) is 25.1. The Morgan fingerprint density at radius 1 is 1.21 bits per heavy atom. The third-order valence-corrected chi connectivity index (χ3v) is 6.56. The smallest absolute Gasteiger partial charge is 0.250 e. The van der Waals surface area contributed by atoms with Crippen molar-refractivity contribution in [1.29, 1.82) is 0 Å². The van der Waals surface area contributed by atoms with Gasteiger partial charge in [-0.05, 0) is 43.7 Å². The summed E-state index contributed by atoms with van der Waals surface area (Å²) in [7, 11) is 0. The first-order valence-electron chi connectivity index (χ1n) is 9.66. The van der Waals surface area contributed by atoms with E-state index >= 15 is 0 Å². The molecule has 2 saturated heterocycles. The number of hydrogen-bond donors (Lipinski definition) is 2. The number of carbonyl (C=O) groups is 1. The van der Waals surface area contributed by atoms with Crippen LogP contribution in [0.2, 0.25) is 0 Å². The van der Waals surface area contributed by atoms with E-state index in [9.17, 15) is 18.4 Å². The molecule has 5 nitrogen and oxygen atoms in total. The first-order chi connectivity index (χ1) is 13.4. The molecule has 5 rings (SSSR count). The first kappa shape index (κ1) is 17.6. The van der Waals surface area contributed by atoms with Crippen LogP contribution < -0.4 is 16.2 Å². The molecule has 7 heteroatoms. The van der Waals surface area contributed by atoms with Crippen LogP contribution in [-0.4, -0.2) is 22.6 Å². The van der Waals surface area contributed by atoms with Crippen LogP contribution >= 0.6 is 0 Å². The Labute approximate surface area is 160 Å². The Morgan fingerprint density at radius 2 is 2.07 bits per heavy atom. The standard InChI is InChI=1S/C21H21F2N3O2/c22-13-2-1-12(17(23)7-13)10-26-11-15(4-6-19(26)27)25-20(28)21-8-14-3-5-18(24-14)16(21)9-21/h1-2,4,6-7,11,14,16,18,24H,3,5,8-10H2,(H,25,28)/t14-,16+,18+,21-/m1/s1. The molecule has 3 heterocycles. The molecule has 28 heavy (non-hydrogen) atoms. The lowest BCUT2D eigenvalue weighted by atomic mass is 9.90.